The number of amides is 1. The second kappa shape index (κ2) is 7.75. The van der Waals surface area contributed by atoms with Gasteiger partial charge in [-0.05, 0) is 29.7 Å². The minimum absolute atomic E-state index is 0.00927. The van der Waals surface area contributed by atoms with Crippen molar-refractivity contribution in [2.45, 2.75) is 0 Å². The van der Waals surface area contributed by atoms with Crippen molar-refractivity contribution in [1.82, 2.24) is 4.98 Å². The van der Waals surface area contributed by atoms with Gasteiger partial charge in [0.25, 0.3) is 5.91 Å². The smallest absolute Gasteiger partial charge is 0.266 e. The molecule has 1 amide bonds. The van der Waals surface area contributed by atoms with Crippen molar-refractivity contribution in [3.8, 4) is 22.4 Å². The maximum atomic E-state index is 12.3. The molecule has 0 aliphatic carbocycles. The molecule has 0 aliphatic rings. The lowest BCUT2D eigenvalue weighted by Crippen LogP contribution is -2.13. The van der Waals surface area contributed by atoms with Gasteiger partial charge in [-0.25, -0.2) is 4.98 Å². The molecular weight excluding hydrogens is 354 g/mol. The Balaban J connectivity index is 1.78. The van der Waals surface area contributed by atoms with Crippen LogP contribution in [0.25, 0.3) is 16.6 Å². The summed E-state index contributed by atoms with van der Waals surface area (Å²) in [6.07, 6.45) is 1.49. The van der Waals surface area contributed by atoms with Gasteiger partial charge in [-0.1, -0.05) is 6.07 Å². The fraction of sp³-hybridized carbons (Fsp3) is 0.0556. The summed E-state index contributed by atoms with van der Waals surface area (Å²) < 4.78 is 5.12. The molecule has 5 nitrogen and oxygen atoms in total. The molecule has 0 fully saturated rings. The lowest BCUT2D eigenvalue weighted by atomic mass is 10.2. The van der Waals surface area contributed by atoms with Crippen LogP contribution in [0.15, 0.2) is 52.0 Å². The van der Waals surface area contributed by atoms with Gasteiger partial charge < -0.3 is 10.1 Å². The van der Waals surface area contributed by atoms with Crippen LogP contribution in [0.5, 0.6) is 5.75 Å². The van der Waals surface area contributed by atoms with Crippen molar-refractivity contribution in [2.24, 2.45) is 0 Å². The number of thiazole rings is 1. The molecule has 0 radical (unpaired) electrons. The first-order valence-corrected chi connectivity index (χ1v) is 9.07. The molecule has 0 unspecified atom stereocenters. The molecule has 2 heterocycles. The predicted molar refractivity (Wildman–Crippen MR) is 101 cm³/mol. The highest BCUT2D eigenvalue weighted by Crippen LogP contribution is 2.26. The molecule has 124 valence electrons. The van der Waals surface area contributed by atoms with Crippen LogP contribution in [0, 0.1) is 11.3 Å². The van der Waals surface area contributed by atoms with E-state index in [1.807, 2.05) is 28.3 Å². The van der Waals surface area contributed by atoms with Crippen molar-refractivity contribution >= 4 is 40.3 Å². The highest BCUT2D eigenvalue weighted by Gasteiger charge is 2.12. The molecule has 0 aliphatic heterocycles. The first-order chi connectivity index (χ1) is 12.2. The van der Waals surface area contributed by atoms with E-state index in [0.717, 1.165) is 10.6 Å². The number of hydrogen-bond acceptors (Lipinski definition) is 6. The summed E-state index contributed by atoms with van der Waals surface area (Å²) >= 11 is 3.07. The summed E-state index contributed by atoms with van der Waals surface area (Å²) in [5, 5.41) is 18.7. The monoisotopic (exact) mass is 367 g/mol. The van der Waals surface area contributed by atoms with Gasteiger partial charge in [0.1, 0.15) is 22.4 Å². The molecule has 0 spiro atoms. The molecule has 1 N–H and O–H groups in total. The predicted octanol–water partition coefficient (Wildman–Crippen LogP) is 4.43. The Bertz CT molecular complexity index is 953. The molecule has 7 heteroatoms. The van der Waals surface area contributed by atoms with E-state index in [1.54, 1.807) is 42.7 Å². The minimum atomic E-state index is -0.485. The summed E-state index contributed by atoms with van der Waals surface area (Å²) in [4.78, 5) is 16.8. The van der Waals surface area contributed by atoms with Gasteiger partial charge in [0, 0.05) is 28.1 Å². The summed E-state index contributed by atoms with van der Waals surface area (Å²) in [6, 6.07) is 10.9. The summed E-state index contributed by atoms with van der Waals surface area (Å²) in [5.41, 5.74) is 2.17. The van der Waals surface area contributed by atoms with Crippen molar-refractivity contribution in [2.75, 3.05) is 12.4 Å². The van der Waals surface area contributed by atoms with Gasteiger partial charge in [-0.15, -0.1) is 11.3 Å². The largest absolute Gasteiger partial charge is 0.497 e. The fourth-order valence-corrected chi connectivity index (χ4v) is 3.56. The number of methoxy groups -OCH3 is 1. The van der Waals surface area contributed by atoms with Crippen LogP contribution < -0.4 is 10.1 Å². The number of ether oxygens (including phenoxy) is 1. The fourth-order valence-electron chi connectivity index (χ4n) is 2.07. The number of nitrogens with one attached hydrogen (secondary N) is 1. The molecule has 3 rings (SSSR count). The second-order valence-electron chi connectivity index (χ2n) is 4.95. The van der Waals surface area contributed by atoms with E-state index >= 15 is 0 Å². The first-order valence-electron chi connectivity index (χ1n) is 7.25. The van der Waals surface area contributed by atoms with Crippen molar-refractivity contribution in [3.63, 3.8) is 0 Å². The molecule has 1 aromatic carbocycles. The van der Waals surface area contributed by atoms with Gasteiger partial charge in [0.2, 0.25) is 0 Å². The molecule has 0 saturated heterocycles. The second-order valence-corrected chi connectivity index (χ2v) is 6.58. The Morgan fingerprint density at radius 3 is 2.96 bits per heavy atom. The van der Waals surface area contributed by atoms with Crippen LogP contribution in [-0.4, -0.2) is 18.0 Å². The van der Waals surface area contributed by atoms with Gasteiger partial charge in [-0.3, -0.25) is 4.79 Å². The van der Waals surface area contributed by atoms with Crippen LogP contribution in [-0.2, 0) is 4.79 Å². The zero-order chi connectivity index (χ0) is 17.6. The summed E-state index contributed by atoms with van der Waals surface area (Å²) in [7, 11) is 1.55. The van der Waals surface area contributed by atoms with E-state index in [0.29, 0.717) is 17.1 Å². The van der Waals surface area contributed by atoms with Gasteiger partial charge >= 0.3 is 0 Å². The van der Waals surface area contributed by atoms with Gasteiger partial charge in [0.05, 0.1) is 12.8 Å². The quantitative estimate of drug-likeness (QED) is 0.535. The molecule has 0 saturated carbocycles. The van der Waals surface area contributed by atoms with Gasteiger partial charge in [0.15, 0.2) is 0 Å². The maximum absolute atomic E-state index is 12.3. The third-order valence-electron chi connectivity index (χ3n) is 3.27. The number of thiophene rings is 1. The number of nitriles is 1. The Hall–Kier alpha value is -2.95. The lowest BCUT2D eigenvalue weighted by molar-refractivity contribution is -0.112. The van der Waals surface area contributed by atoms with Gasteiger partial charge in [-0.2, -0.15) is 16.6 Å². The van der Waals surface area contributed by atoms with E-state index in [9.17, 15) is 10.1 Å². The van der Waals surface area contributed by atoms with Crippen LogP contribution in [0.4, 0.5) is 5.69 Å². The highest BCUT2D eigenvalue weighted by atomic mass is 32.1. The zero-order valence-corrected chi connectivity index (χ0v) is 14.9. The Morgan fingerprint density at radius 2 is 2.24 bits per heavy atom. The van der Waals surface area contributed by atoms with Crippen molar-refractivity contribution in [1.29, 1.82) is 5.26 Å². The van der Waals surface area contributed by atoms with Crippen LogP contribution in [0.3, 0.4) is 0 Å². The molecular formula is C18H13N3O2S2. The van der Waals surface area contributed by atoms with E-state index in [-0.39, 0.29) is 5.57 Å². The number of nitrogens with zero attached hydrogens (tertiary/aromatic N) is 2. The average molecular weight is 367 g/mol. The Labute approximate surface area is 152 Å². The number of rotatable bonds is 5. The number of benzene rings is 1. The number of carbonyl (C=O) groups is 1. The maximum Gasteiger partial charge on any atom is 0.266 e. The van der Waals surface area contributed by atoms with E-state index in [1.165, 1.54) is 17.4 Å². The molecule has 2 aromatic heterocycles. The van der Waals surface area contributed by atoms with E-state index < -0.39 is 5.91 Å². The first kappa shape index (κ1) is 16.9. The number of aromatic nitrogens is 1. The number of carbonyl (C=O) groups excluding carboxylic acids is 1. The van der Waals surface area contributed by atoms with E-state index in [4.69, 9.17) is 4.74 Å². The van der Waals surface area contributed by atoms with Crippen LogP contribution >= 0.6 is 22.7 Å². The molecule has 3 aromatic rings. The molecule has 25 heavy (non-hydrogen) atoms. The van der Waals surface area contributed by atoms with Crippen molar-refractivity contribution in [3.05, 3.63) is 57.7 Å². The van der Waals surface area contributed by atoms with E-state index in [2.05, 4.69) is 10.3 Å². The Morgan fingerprint density at radius 1 is 1.36 bits per heavy atom. The third-order valence-corrected chi connectivity index (χ3v) is 4.87. The van der Waals surface area contributed by atoms with Crippen LogP contribution in [0.1, 0.15) is 5.69 Å². The number of anilines is 1. The summed E-state index contributed by atoms with van der Waals surface area (Å²) in [5.74, 6) is 0.140. The van der Waals surface area contributed by atoms with Crippen molar-refractivity contribution < 1.29 is 9.53 Å². The molecule has 0 atom stereocenters. The zero-order valence-electron chi connectivity index (χ0n) is 13.2. The SMILES string of the molecule is COc1cccc(NC(=O)/C(C#N)=C/c2csc(-c3ccsc3)n2)c1. The Kier molecular flexibility index (Phi) is 5.23. The molecule has 0 bridgehead atoms. The van der Waals surface area contributed by atoms with Crippen LogP contribution in [0.2, 0.25) is 0 Å². The third kappa shape index (κ3) is 4.12. The minimum Gasteiger partial charge on any atom is -0.497 e. The summed E-state index contributed by atoms with van der Waals surface area (Å²) in [6.45, 7) is 0. The standard InChI is InChI=1S/C18H13N3O2S2/c1-23-16-4-2-3-14(8-16)20-17(22)13(9-19)7-15-11-25-18(21-15)12-5-6-24-10-12/h2-8,10-11H,1H3,(H,20,22)/b13-7+. The topological polar surface area (TPSA) is 75.0 Å². The average Bonchev–Trinajstić information content (AvgIpc) is 3.31. The number of hydrogen-bond donors (Lipinski definition) is 1. The lowest BCUT2D eigenvalue weighted by Gasteiger charge is -2.06. The normalized spacial score (nSPS) is 11.0. The highest BCUT2D eigenvalue weighted by molar-refractivity contribution is 7.14.